The van der Waals surface area contributed by atoms with E-state index in [0.717, 1.165) is 18.9 Å². The third kappa shape index (κ3) is 3.63. The number of ether oxygens (including phenoxy) is 1. The number of hydrogen-bond acceptors (Lipinski definition) is 3. The Kier molecular flexibility index (Phi) is 4.70. The first-order valence-corrected chi connectivity index (χ1v) is 7.34. The molecule has 3 heteroatoms. The van der Waals surface area contributed by atoms with E-state index in [1.165, 1.54) is 24.2 Å². The molecule has 1 aromatic rings. The normalized spacial score (nSPS) is 19.9. The second-order valence-electron chi connectivity index (χ2n) is 5.63. The van der Waals surface area contributed by atoms with Crippen molar-refractivity contribution in [3.8, 4) is 5.75 Å². The minimum atomic E-state index is 0.569. The molecular weight excluding hydrogens is 236 g/mol. The number of nitrogens with zero attached hydrogens (tertiary/aromatic N) is 1. The highest BCUT2D eigenvalue weighted by Gasteiger charge is 2.24. The fourth-order valence-corrected chi connectivity index (χ4v) is 2.65. The maximum absolute atomic E-state index is 5.52. The Labute approximate surface area is 116 Å². The van der Waals surface area contributed by atoms with Gasteiger partial charge in [0.15, 0.2) is 0 Å². The summed E-state index contributed by atoms with van der Waals surface area (Å²) in [5.74, 6) is 0.959. The van der Waals surface area contributed by atoms with Crippen molar-refractivity contribution in [2.75, 3.05) is 25.0 Å². The maximum atomic E-state index is 5.52. The lowest BCUT2D eigenvalue weighted by atomic mass is 10.1. The molecule has 0 radical (unpaired) electrons. The van der Waals surface area contributed by atoms with Crippen LogP contribution in [0.2, 0.25) is 0 Å². The zero-order chi connectivity index (χ0) is 13.8. The first-order valence-electron chi connectivity index (χ1n) is 7.34. The second kappa shape index (κ2) is 6.29. The summed E-state index contributed by atoms with van der Waals surface area (Å²) in [4.78, 5) is 2.53. The molecule has 106 valence electrons. The molecule has 1 aliphatic rings. The number of hydrogen-bond donors (Lipinski definition) is 1. The van der Waals surface area contributed by atoms with Crippen molar-refractivity contribution >= 4 is 5.69 Å². The quantitative estimate of drug-likeness (QED) is 0.881. The Balaban J connectivity index is 1.96. The van der Waals surface area contributed by atoms with Crippen molar-refractivity contribution in [2.45, 2.75) is 46.2 Å². The predicted molar refractivity (Wildman–Crippen MR) is 81.1 cm³/mol. The molecule has 1 heterocycles. The number of anilines is 1. The second-order valence-corrected chi connectivity index (χ2v) is 5.63. The molecule has 1 aliphatic heterocycles. The van der Waals surface area contributed by atoms with Gasteiger partial charge in [0.25, 0.3) is 0 Å². The average molecular weight is 262 g/mol. The van der Waals surface area contributed by atoms with E-state index >= 15 is 0 Å². The Morgan fingerprint density at radius 1 is 1.42 bits per heavy atom. The minimum absolute atomic E-state index is 0.569. The number of rotatable bonds is 5. The molecule has 1 unspecified atom stereocenters. The van der Waals surface area contributed by atoms with Crippen LogP contribution in [0, 0.1) is 6.92 Å². The molecule has 3 nitrogen and oxygen atoms in total. The zero-order valence-electron chi connectivity index (χ0n) is 12.6. The molecular formula is C16H26N2O. The summed E-state index contributed by atoms with van der Waals surface area (Å²) in [6.45, 7) is 11.8. The molecule has 1 atom stereocenters. The summed E-state index contributed by atoms with van der Waals surface area (Å²) in [5, 5.41) is 3.67. The van der Waals surface area contributed by atoms with Gasteiger partial charge in [-0.15, -0.1) is 0 Å². The van der Waals surface area contributed by atoms with E-state index in [2.05, 4.69) is 43.1 Å². The molecule has 0 spiro atoms. The van der Waals surface area contributed by atoms with Crippen molar-refractivity contribution in [1.29, 1.82) is 0 Å². The average Bonchev–Trinajstić information content (AvgIpc) is 2.82. The molecule has 1 saturated heterocycles. The molecule has 0 amide bonds. The number of benzene rings is 1. The molecule has 1 N–H and O–H groups in total. The van der Waals surface area contributed by atoms with Crippen LogP contribution >= 0.6 is 0 Å². The lowest BCUT2D eigenvalue weighted by Gasteiger charge is -2.21. The minimum Gasteiger partial charge on any atom is -0.494 e. The van der Waals surface area contributed by atoms with Gasteiger partial charge in [-0.05, 0) is 57.9 Å². The molecule has 1 fully saturated rings. The van der Waals surface area contributed by atoms with Crippen LogP contribution in [0.25, 0.3) is 0 Å². The van der Waals surface area contributed by atoms with Crippen LogP contribution in [0.5, 0.6) is 5.75 Å². The molecule has 0 bridgehead atoms. The van der Waals surface area contributed by atoms with Crippen LogP contribution in [0.1, 0.15) is 32.8 Å². The third-order valence-electron chi connectivity index (χ3n) is 3.82. The van der Waals surface area contributed by atoms with Crippen molar-refractivity contribution in [2.24, 2.45) is 0 Å². The summed E-state index contributed by atoms with van der Waals surface area (Å²) in [7, 11) is 0. The van der Waals surface area contributed by atoms with Crippen LogP contribution < -0.4 is 10.1 Å². The summed E-state index contributed by atoms with van der Waals surface area (Å²) < 4.78 is 5.52. The standard InChI is InChI=1S/C16H26N2O/c1-5-19-15-6-7-16(13(4)10-15)17-14-8-9-18(11-14)12(2)3/h6-7,10,12,14,17H,5,8-9,11H2,1-4H3. The Morgan fingerprint density at radius 2 is 2.21 bits per heavy atom. The van der Waals surface area contributed by atoms with E-state index in [9.17, 15) is 0 Å². The third-order valence-corrected chi connectivity index (χ3v) is 3.82. The topological polar surface area (TPSA) is 24.5 Å². The van der Waals surface area contributed by atoms with E-state index in [0.29, 0.717) is 12.1 Å². The maximum Gasteiger partial charge on any atom is 0.119 e. The van der Waals surface area contributed by atoms with Crippen LogP contribution in [0.15, 0.2) is 18.2 Å². The van der Waals surface area contributed by atoms with Gasteiger partial charge in [-0.25, -0.2) is 0 Å². The highest BCUT2D eigenvalue weighted by Crippen LogP contribution is 2.24. The summed E-state index contributed by atoms with van der Waals surface area (Å²) in [6.07, 6.45) is 1.23. The van der Waals surface area contributed by atoms with E-state index in [4.69, 9.17) is 4.74 Å². The molecule has 19 heavy (non-hydrogen) atoms. The van der Waals surface area contributed by atoms with Gasteiger partial charge in [-0.2, -0.15) is 0 Å². The summed E-state index contributed by atoms with van der Waals surface area (Å²) in [6, 6.07) is 7.51. The van der Waals surface area contributed by atoms with Crippen LogP contribution in [0.4, 0.5) is 5.69 Å². The van der Waals surface area contributed by atoms with Crippen molar-refractivity contribution < 1.29 is 4.74 Å². The molecule has 0 aliphatic carbocycles. The fraction of sp³-hybridized carbons (Fsp3) is 0.625. The summed E-state index contributed by atoms with van der Waals surface area (Å²) >= 11 is 0. The number of nitrogens with one attached hydrogen (secondary N) is 1. The lowest BCUT2D eigenvalue weighted by Crippen LogP contribution is -2.31. The number of likely N-dealkylation sites (tertiary alicyclic amines) is 1. The zero-order valence-corrected chi connectivity index (χ0v) is 12.6. The van der Waals surface area contributed by atoms with Gasteiger partial charge in [0.2, 0.25) is 0 Å². The van der Waals surface area contributed by atoms with Crippen molar-refractivity contribution in [3.63, 3.8) is 0 Å². The largest absolute Gasteiger partial charge is 0.494 e. The van der Waals surface area contributed by atoms with Gasteiger partial charge < -0.3 is 10.1 Å². The van der Waals surface area contributed by atoms with Gasteiger partial charge in [0.1, 0.15) is 5.75 Å². The van der Waals surface area contributed by atoms with E-state index < -0.39 is 0 Å². The van der Waals surface area contributed by atoms with Crippen molar-refractivity contribution in [1.82, 2.24) is 4.90 Å². The molecule has 0 aromatic heterocycles. The first-order chi connectivity index (χ1) is 9.10. The Hall–Kier alpha value is -1.22. The van der Waals surface area contributed by atoms with Crippen molar-refractivity contribution in [3.05, 3.63) is 23.8 Å². The highest BCUT2D eigenvalue weighted by atomic mass is 16.5. The highest BCUT2D eigenvalue weighted by molar-refractivity contribution is 5.54. The molecule has 0 saturated carbocycles. The van der Waals surface area contributed by atoms with Gasteiger partial charge in [0, 0.05) is 30.9 Å². The van der Waals surface area contributed by atoms with Gasteiger partial charge in [-0.3, -0.25) is 4.90 Å². The summed E-state index contributed by atoms with van der Waals surface area (Å²) in [5.41, 5.74) is 2.49. The monoisotopic (exact) mass is 262 g/mol. The van der Waals surface area contributed by atoms with Crippen LogP contribution in [-0.4, -0.2) is 36.7 Å². The van der Waals surface area contributed by atoms with Gasteiger partial charge >= 0.3 is 0 Å². The van der Waals surface area contributed by atoms with E-state index in [1.807, 2.05) is 13.0 Å². The molecule has 1 aromatic carbocycles. The van der Waals surface area contributed by atoms with E-state index in [-0.39, 0.29) is 0 Å². The lowest BCUT2D eigenvalue weighted by molar-refractivity contribution is 0.274. The number of aryl methyl sites for hydroxylation is 1. The van der Waals surface area contributed by atoms with Crippen LogP contribution in [0.3, 0.4) is 0 Å². The SMILES string of the molecule is CCOc1ccc(NC2CCN(C(C)C)C2)c(C)c1. The van der Waals surface area contributed by atoms with Gasteiger partial charge in [-0.1, -0.05) is 0 Å². The van der Waals surface area contributed by atoms with Crippen LogP contribution in [-0.2, 0) is 0 Å². The Morgan fingerprint density at radius 3 is 2.79 bits per heavy atom. The smallest absolute Gasteiger partial charge is 0.119 e. The predicted octanol–water partition coefficient (Wildman–Crippen LogP) is 3.29. The fourth-order valence-electron chi connectivity index (χ4n) is 2.65. The first kappa shape index (κ1) is 14.2. The molecule has 2 rings (SSSR count). The van der Waals surface area contributed by atoms with E-state index in [1.54, 1.807) is 0 Å². The van der Waals surface area contributed by atoms with Gasteiger partial charge in [0.05, 0.1) is 6.61 Å². The Bertz CT molecular complexity index is 417.